The summed E-state index contributed by atoms with van der Waals surface area (Å²) in [6.07, 6.45) is 0. The van der Waals surface area contributed by atoms with Gasteiger partial charge in [-0.2, -0.15) is 11.3 Å². The monoisotopic (exact) mass is 293 g/mol. The molecule has 0 radical (unpaired) electrons. The molecular weight excluding hydrogens is 278 g/mol. The van der Waals surface area contributed by atoms with Crippen LogP contribution in [0.4, 0.5) is 0 Å². The van der Waals surface area contributed by atoms with E-state index in [1.54, 1.807) is 35.4 Å². The Labute approximate surface area is 120 Å². The number of rotatable bonds is 5. The third-order valence-corrected chi connectivity index (χ3v) is 4.42. The Balaban J connectivity index is 1.86. The first kappa shape index (κ1) is 14.0. The second-order valence-electron chi connectivity index (χ2n) is 4.14. The molecule has 1 aromatic carbocycles. The number of carbonyl (C=O) groups is 1. The van der Waals surface area contributed by atoms with E-state index in [-0.39, 0.29) is 11.7 Å². The van der Waals surface area contributed by atoms with Crippen LogP contribution in [0.5, 0.6) is 5.75 Å². The Hall–Kier alpha value is -1.46. The van der Waals surface area contributed by atoms with E-state index in [0.717, 1.165) is 10.5 Å². The minimum absolute atomic E-state index is 0.0550. The maximum Gasteiger partial charge on any atom is 0.232 e. The fourth-order valence-electron chi connectivity index (χ4n) is 1.57. The second-order valence-corrected chi connectivity index (χ2v) is 5.94. The van der Waals surface area contributed by atoms with Crippen LogP contribution in [0.2, 0.25) is 0 Å². The molecule has 0 atom stereocenters. The average Bonchev–Trinajstić information content (AvgIpc) is 2.90. The third kappa shape index (κ3) is 4.01. The van der Waals surface area contributed by atoms with Crippen LogP contribution in [0, 0.1) is 0 Å². The van der Waals surface area contributed by atoms with Gasteiger partial charge >= 0.3 is 0 Å². The molecule has 0 aliphatic rings. The third-order valence-electron chi connectivity index (χ3n) is 2.64. The minimum Gasteiger partial charge on any atom is -0.507 e. The van der Waals surface area contributed by atoms with Crippen molar-refractivity contribution in [2.45, 2.75) is 11.4 Å². The van der Waals surface area contributed by atoms with Gasteiger partial charge in [0.2, 0.25) is 5.91 Å². The molecule has 0 aliphatic carbocycles. The second kappa shape index (κ2) is 6.63. The van der Waals surface area contributed by atoms with Gasteiger partial charge in [-0.15, -0.1) is 11.8 Å². The van der Waals surface area contributed by atoms with Crippen molar-refractivity contribution in [2.24, 2.45) is 0 Å². The molecule has 2 rings (SSSR count). The fraction of sp³-hybridized carbons (Fsp3) is 0.214. The number of benzene rings is 1. The van der Waals surface area contributed by atoms with Gasteiger partial charge in [-0.25, -0.2) is 0 Å². The predicted molar refractivity (Wildman–Crippen MR) is 79.6 cm³/mol. The van der Waals surface area contributed by atoms with Crippen molar-refractivity contribution in [3.8, 4) is 5.75 Å². The van der Waals surface area contributed by atoms with Crippen molar-refractivity contribution in [3.05, 3.63) is 46.7 Å². The van der Waals surface area contributed by atoms with Crippen LogP contribution in [-0.2, 0) is 11.3 Å². The number of carbonyl (C=O) groups excluding carboxylic acids is 1. The number of amides is 1. The zero-order valence-corrected chi connectivity index (χ0v) is 12.2. The summed E-state index contributed by atoms with van der Waals surface area (Å²) in [4.78, 5) is 14.4. The standard InChI is InChI=1S/C14H15NO2S2/c1-15(8-11-6-7-18-9-11)14(17)10-19-13-5-3-2-4-12(13)16/h2-7,9,16H,8,10H2,1H3. The SMILES string of the molecule is CN(Cc1ccsc1)C(=O)CSc1ccccc1O. The van der Waals surface area contributed by atoms with Gasteiger partial charge in [0.15, 0.2) is 0 Å². The zero-order chi connectivity index (χ0) is 13.7. The molecule has 0 aliphatic heterocycles. The van der Waals surface area contributed by atoms with E-state index in [1.807, 2.05) is 29.0 Å². The lowest BCUT2D eigenvalue weighted by Gasteiger charge is -2.16. The molecule has 3 nitrogen and oxygen atoms in total. The largest absolute Gasteiger partial charge is 0.507 e. The van der Waals surface area contributed by atoms with Gasteiger partial charge in [-0.1, -0.05) is 12.1 Å². The molecule has 0 bridgehead atoms. The Morgan fingerprint density at radius 1 is 1.37 bits per heavy atom. The van der Waals surface area contributed by atoms with Crippen molar-refractivity contribution in [2.75, 3.05) is 12.8 Å². The molecule has 0 unspecified atom stereocenters. The van der Waals surface area contributed by atoms with E-state index < -0.39 is 0 Å². The predicted octanol–water partition coefficient (Wildman–Crippen LogP) is 3.20. The zero-order valence-electron chi connectivity index (χ0n) is 10.6. The Bertz CT molecular complexity index is 540. The van der Waals surface area contributed by atoms with Gasteiger partial charge in [0, 0.05) is 18.5 Å². The Morgan fingerprint density at radius 3 is 2.84 bits per heavy atom. The lowest BCUT2D eigenvalue weighted by Crippen LogP contribution is -2.27. The van der Waals surface area contributed by atoms with E-state index in [1.165, 1.54) is 11.8 Å². The molecule has 5 heteroatoms. The number of hydrogen-bond donors (Lipinski definition) is 1. The molecular formula is C14H15NO2S2. The fourth-order valence-corrected chi connectivity index (χ4v) is 3.12. The molecule has 0 saturated carbocycles. The van der Waals surface area contributed by atoms with Crippen LogP contribution in [0.25, 0.3) is 0 Å². The molecule has 0 spiro atoms. The van der Waals surface area contributed by atoms with Crippen LogP contribution < -0.4 is 0 Å². The summed E-state index contributed by atoms with van der Waals surface area (Å²) in [5, 5.41) is 13.7. The number of para-hydroxylation sites is 1. The number of aromatic hydroxyl groups is 1. The van der Waals surface area contributed by atoms with E-state index >= 15 is 0 Å². The Morgan fingerprint density at radius 2 is 2.16 bits per heavy atom. The van der Waals surface area contributed by atoms with Crippen molar-refractivity contribution >= 4 is 29.0 Å². The maximum absolute atomic E-state index is 12.0. The number of thioether (sulfide) groups is 1. The summed E-state index contributed by atoms with van der Waals surface area (Å²) in [6.45, 7) is 0.629. The van der Waals surface area contributed by atoms with Crippen molar-refractivity contribution in [1.29, 1.82) is 0 Å². The van der Waals surface area contributed by atoms with E-state index in [0.29, 0.717) is 12.3 Å². The quantitative estimate of drug-likeness (QED) is 0.861. The topological polar surface area (TPSA) is 40.5 Å². The number of hydrogen-bond acceptors (Lipinski definition) is 4. The van der Waals surface area contributed by atoms with Gasteiger partial charge in [0.25, 0.3) is 0 Å². The van der Waals surface area contributed by atoms with Crippen molar-refractivity contribution in [1.82, 2.24) is 4.90 Å². The first-order valence-corrected chi connectivity index (χ1v) is 7.75. The van der Waals surface area contributed by atoms with Gasteiger partial charge < -0.3 is 10.0 Å². The first-order chi connectivity index (χ1) is 9.16. The summed E-state index contributed by atoms with van der Waals surface area (Å²) in [6, 6.07) is 9.07. The van der Waals surface area contributed by atoms with Crippen molar-refractivity contribution < 1.29 is 9.90 Å². The number of thiophene rings is 1. The molecule has 2 aromatic rings. The highest BCUT2D eigenvalue weighted by molar-refractivity contribution is 8.00. The molecule has 1 N–H and O–H groups in total. The van der Waals surface area contributed by atoms with Gasteiger partial charge in [0.1, 0.15) is 5.75 Å². The van der Waals surface area contributed by atoms with Crippen LogP contribution in [0.1, 0.15) is 5.56 Å². The van der Waals surface area contributed by atoms with E-state index in [2.05, 4.69) is 0 Å². The van der Waals surface area contributed by atoms with Crippen LogP contribution in [-0.4, -0.2) is 28.7 Å². The van der Waals surface area contributed by atoms with Crippen LogP contribution >= 0.6 is 23.1 Å². The lowest BCUT2D eigenvalue weighted by atomic mass is 10.3. The summed E-state index contributed by atoms with van der Waals surface area (Å²) in [5.74, 6) is 0.610. The van der Waals surface area contributed by atoms with Crippen molar-refractivity contribution in [3.63, 3.8) is 0 Å². The molecule has 0 fully saturated rings. The van der Waals surface area contributed by atoms with Crippen LogP contribution in [0.3, 0.4) is 0 Å². The summed E-state index contributed by atoms with van der Waals surface area (Å²) in [7, 11) is 1.80. The number of nitrogens with zero attached hydrogens (tertiary/aromatic N) is 1. The molecule has 1 aromatic heterocycles. The normalized spacial score (nSPS) is 10.4. The number of phenols is 1. The van der Waals surface area contributed by atoms with E-state index in [4.69, 9.17) is 0 Å². The molecule has 100 valence electrons. The summed E-state index contributed by atoms with van der Waals surface area (Å²) < 4.78 is 0. The molecule has 19 heavy (non-hydrogen) atoms. The number of phenolic OH excluding ortho intramolecular Hbond substituents is 1. The van der Waals surface area contributed by atoms with Gasteiger partial charge in [0.05, 0.1) is 5.75 Å². The highest BCUT2D eigenvalue weighted by Gasteiger charge is 2.11. The Kier molecular flexibility index (Phi) is 4.87. The average molecular weight is 293 g/mol. The molecule has 1 heterocycles. The highest BCUT2D eigenvalue weighted by atomic mass is 32.2. The first-order valence-electron chi connectivity index (χ1n) is 5.82. The molecule has 0 saturated heterocycles. The summed E-state index contributed by atoms with van der Waals surface area (Å²) >= 11 is 2.99. The smallest absolute Gasteiger partial charge is 0.232 e. The minimum atomic E-state index is 0.0550. The van der Waals surface area contributed by atoms with E-state index in [9.17, 15) is 9.90 Å². The lowest BCUT2D eigenvalue weighted by molar-refractivity contribution is -0.127. The van der Waals surface area contributed by atoms with Crippen LogP contribution in [0.15, 0.2) is 46.0 Å². The van der Waals surface area contributed by atoms with Gasteiger partial charge in [-0.05, 0) is 34.5 Å². The maximum atomic E-state index is 12.0. The van der Waals surface area contributed by atoms with Gasteiger partial charge in [-0.3, -0.25) is 4.79 Å². The highest BCUT2D eigenvalue weighted by Crippen LogP contribution is 2.27. The molecule has 1 amide bonds. The summed E-state index contributed by atoms with van der Waals surface area (Å²) in [5.41, 5.74) is 1.15.